The van der Waals surface area contributed by atoms with E-state index in [1.54, 1.807) is 29.2 Å². The van der Waals surface area contributed by atoms with Crippen LogP contribution in [0.25, 0.3) is 0 Å². The molecule has 5 heteroatoms. The maximum absolute atomic E-state index is 13.4. The van der Waals surface area contributed by atoms with Crippen LogP contribution in [0.15, 0.2) is 48.5 Å². The van der Waals surface area contributed by atoms with Gasteiger partial charge < -0.3 is 4.90 Å². The number of carbonyl (C=O) groups is 3. The quantitative estimate of drug-likeness (QED) is 0.762. The monoisotopic (exact) mass is 378 g/mol. The molecule has 5 nitrogen and oxygen atoms in total. The van der Waals surface area contributed by atoms with Crippen LogP contribution in [0.2, 0.25) is 0 Å². The third kappa shape index (κ3) is 3.57. The number of hydrogen-bond acceptors (Lipinski definition) is 3. The number of aryl methyl sites for hydroxylation is 2. The molecular formula is C23H26N2O3. The van der Waals surface area contributed by atoms with Crippen molar-refractivity contribution in [3.8, 4) is 0 Å². The highest BCUT2D eigenvalue weighted by atomic mass is 16.2. The molecule has 1 unspecified atom stereocenters. The van der Waals surface area contributed by atoms with Gasteiger partial charge in [0.1, 0.15) is 6.04 Å². The summed E-state index contributed by atoms with van der Waals surface area (Å²) in [5.74, 6) is -0.876. The van der Waals surface area contributed by atoms with Crippen molar-refractivity contribution in [1.82, 2.24) is 4.90 Å². The topological polar surface area (TPSA) is 57.7 Å². The van der Waals surface area contributed by atoms with E-state index in [1.807, 2.05) is 58.9 Å². The van der Waals surface area contributed by atoms with Gasteiger partial charge in [-0.25, -0.2) is 4.90 Å². The lowest BCUT2D eigenvalue weighted by Crippen LogP contribution is -2.54. The molecule has 1 aliphatic heterocycles. The minimum Gasteiger partial charge on any atom is -0.321 e. The van der Waals surface area contributed by atoms with E-state index in [9.17, 15) is 14.4 Å². The molecule has 1 atom stereocenters. The van der Waals surface area contributed by atoms with Crippen molar-refractivity contribution < 1.29 is 14.4 Å². The van der Waals surface area contributed by atoms with Crippen LogP contribution in [0.1, 0.15) is 48.7 Å². The Labute approximate surface area is 166 Å². The zero-order valence-electron chi connectivity index (χ0n) is 17.0. The maximum Gasteiger partial charge on any atom is 0.257 e. The van der Waals surface area contributed by atoms with E-state index >= 15 is 0 Å². The van der Waals surface area contributed by atoms with Crippen molar-refractivity contribution in [2.75, 3.05) is 4.90 Å². The van der Waals surface area contributed by atoms with Crippen LogP contribution >= 0.6 is 0 Å². The molecule has 0 saturated carbocycles. The molecule has 1 fully saturated rings. The molecule has 28 heavy (non-hydrogen) atoms. The Kier molecular flexibility index (Phi) is 5.11. The summed E-state index contributed by atoms with van der Waals surface area (Å²) in [4.78, 5) is 42.1. The highest BCUT2D eigenvalue weighted by Crippen LogP contribution is 2.31. The molecule has 3 rings (SSSR count). The molecule has 0 radical (unpaired) electrons. The fraction of sp³-hybridized carbons (Fsp3) is 0.348. The molecule has 0 bridgehead atoms. The van der Waals surface area contributed by atoms with Gasteiger partial charge in [-0.15, -0.1) is 0 Å². The minimum atomic E-state index is -0.819. The van der Waals surface area contributed by atoms with Gasteiger partial charge in [0.15, 0.2) is 0 Å². The van der Waals surface area contributed by atoms with Crippen molar-refractivity contribution in [1.29, 1.82) is 0 Å². The van der Waals surface area contributed by atoms with Crippen molar-refractivity contribution in [3.05, 3.63) is 65.2 Å². The molecule has 146 valence electrons. The van der Waals surface area contributed by atoms with E-state index in [4.69, 9.17) is 0 Å². The van der Waals surface area contributed by atoms with Crippen molar-refractivity contribution in [2.24, 2.45) is 0 Å². The number of hydrogen-bond donors (Lipinski definition) is 0. The second kappa shape index (κ2) is 7.23. The van der Waals surface area contributed by atoms with Crippen molar-refractivity contribution >= 4 is 23.4 Å². The van der Waals surface area contributed by atoms with Crippen LogP contribution in [0.5, 0.6) is 0 Å². The van der Waals surface area contributed by atoms with Gasteiger partial charge in [-0.3, -0.25) is 14.4 Å². The molecule has 1 saturated heterocycles. The molecule has 1 aliphatic rings. The number of benzene rings is 2. The Morgan fingerprint density at radius 1 is 1.00 bits per heavy atom. The van der Waals surface area contributed by atoms with Crippen molar-refractivity contribution in [2.45, 2.75) is 52.6 Å². The van der Waals surface area contributed by atoms with E-state index in [2.05, 4.69) is 0 Å². The summed E-state index contributed by atoms with van der Waals surface area (Å²) in [6, 6.07) is 13.7. The molecule has 2 aromatic rings. The SMILES string of the molecule is Cc1ccc(N2C(=O)CC(N(C(=O)c3ccccc3C)C(C)(C)C)C2=O)cc1. The number of amides is 3. The van der Waals surface area contributed by atoms with Gasteiger partial charge in [-0.2, -0.15) is 0 Å². The van der Waals surface area contributed by atoms with Gasteiger partial charge >= 0.3 is 0 Å². The van der Waals surface area contributed by atoms with Gasteiger partial charge in [0.25, 0.3) is 11.8 Å². The average molecular weight is 378 g/mol. The van der Waals surface area contributed by atoms with Gasteiger partial charge in [0, 0.05) is 11.1 Å². The first-order valence-corrected chi connectivity index (χ1v) is 9.44. The lowest BCUT2D eigenvalue weighted by atomic mass is 9.98. The third-order valence-corrected chi connectivity index (χ3v) is 5.04. The van der Waals surface area contributed by atoms with E-state index in [0.29, 0.717) is 11.3 Å². The van der Waals surface area contributed by atoms with Crippen LogP contribution in [0.3, 0.4) is 0 Å². The average Bonchev–Trinajstić information content (AvgIpc) is 2.89. The van der Waals surface area contributed by atoms with E-state index in [1.165, 1.54) is 4.90 Å². The zero-order valence-corrected chi connectivity index (χ0v) is 17.0. The Bertz CT molecular complexity index is 926. The first-order valence-electron chi connectivity index (χ1n) is 9.44. The van der Waals surface area contributed by atoms with Crippen LogP contribution < -0.4 is 4.90 Å². The number of nitrogens with zero attached hydrogens (tertiary/aromatic N) is 2. The van der Waals surface area contributed by atoms with Crippen LogP contribution in [0.4, 0.5) is 5.69 Å². The highest BCUT2D eigenvalue weighted by molar-refractivity contribution is 6.23. The summed E-state index contributed by atoms with van der Waals surface area (Å²) in [7, 11) is 0. The standard InChI is InChI=1S/C23H26N2O3/c1-15-10-12-17(13-11-15)24-20(26)14-19(22(24)28)25(23(3,4)5)21(27)18-9-7-6-8-16(18)2/h6-13,19H,14H2,1-5H3. The third-order valence-electron chi connectivity index (χ3n) is 5.04. The van der Waals surface area contributed by atoms with Crippen LogP contribution in [0, 0.1) is 13.8 Å². The van der Waals surface area contributed by atoms with Gasteiger partial charge in [-0.1, -0.05) is 35.9 Å². The summed E-state index contributed by atoms with van der Waals surface area (Å²) in [6.45, 7) is 9.47. The minimum absolute atomic E-state index is 0.0123. The summed E-state index contributed by atoms with van der Waals surface area (Å²) in [6.07, 6.45) is -0.0123. The number of rotatable bonds is 3. The Hall–Kier alpha value is -2.95. The second-order valence-electron chi connectivity index (χ2n) is 8.28. The normalized spacial score (nSPS) is 17.2. The van der Waals surface area contributed by atoms with E-state index in [-0.39, 0.29) is 24.1 Å². The van der Waals surface area contributed by atoms with E-state index < -0.39 is 11.6 Å². The van der Waals surface area contributed by atoms with Gasteiger partial charge in [0.05, 0.1) is 12.1 Å². The van der Waals surface area contributed by atoms with Crippen LogP contribution in [-0.2, 0) is 9.59 Å². The van der Waals surface area contributed by atoms with Crippen molar-refractivity contribution in [3.63, 3.8) is 0 Å². The highest BCUT2D eigenvalue weighted by Gasteiger charge is 2.47. The lowest BCUT2D eigenvalue weighted by molar-refractivity contribution is -0.123. The molecule has 0 aromatic heterocycles. The molecule has 0 aliphatic carbocycles. The number of imide groups is 1. The fourth-order valence-electron chi connectivity index (χ4n) is 3.64. The van der Waals surface area contributed by atoms with Gasteiger partial charge in [0.2, 0.25) is 5.91 Å². The summed E-state index contributed by atoms with van der Waals surface area (Å²) >= 11 is 0. The molecule has 0 N–H and O–H groups in total. The largest absolute Gasteiger partial charge is 0.321 e. The number of anilines is 1. The Morgan fingerprint density at radius 2 is 1.61 bits per heavy atom. The van der Waals surface area contributed by atoms with Gasteiger partial charge in [-0.05, 0) is 58.4 Å². The summed E-state index contributed by atoms with van der Waals surface area (Å²) < 4.78 is 0. The molecule has 0 spiro atoms. The number of carbonyl (C=O) groups excluding carboxylic acids is 3. The molecular weight excluding hydrogens is 352 g/mol. The molecule has 3 amide bonds. The summed E-state index contributed by atoms with van der Waals surface area (Å²) in [5, 5.41) is 0. The molecule has 2 aromatic carbocycles. The predicted octanol–water partition coefficient (Wildman–Crippen LogP) is 3.88. The van der Waals surface area contributed by atoms with E-state index in [0.717, 1.165) is 11.1 Å². The Balaban J connectivity index is 1.99. The predicted molar refractivity (Wildman–Crippen MR) is 109 cm³/mol. The van der Waals surface area contributed by atoms with Crippen LogP contribution in [-0.4, -0.2) is 34.2 Å². The first-order chi connectivity index (χ1) is 13.1. The Morgan fingerprint density at radius 3 is 2.18 bits per heavy atom. The first kappa shape index (κ1) is 19.8. The second-order valence-corrected chi connectivity index (χ2v) is 8.28. The molecule has 1 heterocycles. The smallest absolute Gasteiger partial charge is 0.257 e. The fourth-order valence-corrected chi connectivity index (χ4v) is 3.64. The zero-order chi connectivity index (χ0) is 20.6. The summed E-state index contributed by atoms with van der Waals surface area (Å²) in [5.41, 5.74) is 2.36. The maximum atomic E-state index is 13.4. The lowest BCUT2D eigenvalue weighted by Gasteiger charge is -2.39.